The van der Waals surface area contributed by atoms with E-state index in [4.69, 9.17) is 17.0 Å². The number of nitrogens with zero attached hydrogens (tertiary/aromatic N) is 1. The molecule has 2 N–H and O–H groups in total. The van der Waals surface area contributed by atoms with Gasteiger partial charge in [0.15, 0.2) is 5.11 Å². The fourth-order valence-electron chi connectivity index (χ4n) is 1.68. The molecule has 116 valence electrons. The Bertz CT molecular complexity index is 462. The van der Waals surface area contributed by atoms with E-state index in [0.717, 1.165) is 12.1 Å². The average molecular weight is 309 g/mol. The number of hydrogen-bond acceptors (Lipinski definition) is 3. The normalized spacial score (nSPS) is 10.0. The number of aryl methyl sites for hydroxylation is 1. The number of hydrogen-bond donors (Lipinski definition) is 2. The highest BCUT2D eigenvalue weighted by atomic mass is 32.1. The van der Waals surface area contributed by atoms with Gasteiger partial charge in [0.05, 0.1) is 13.2 Å². The first-order valence-corrected chi connectivity index (χ1v) is 7.34. The highest BCUT2D eigenvalue weighted by Gasteiger charge is 2.09. The van der Waals surface area contributed by atoms with Crippen molar-refractivity contribution < 1.29 is 9.53 Å². The molecule has 0 spiro atoms. The maximum absolute atomic E-state index is 11.7. The van der Waals surface area contributed by atoms with Crippen LogP contribution in [0.3, 0.4) is 0 Å². The molecule has 1 amide bonds. The minimum Gasteiger partial charge on any atom is -0.383 e. The number of carbonyl (C=O) groups excluding carboxylic acids is 1. The van der Waals surface area contributed by atoms with E-state index >= 15 is 0 Å². The molecule has 0 aliphatic rings. The van der Waals surface area contributed by atoms with Gasteiger partial charge in [-0.05, 0) is 36.3 Å². The zero-order chi connectivity index (χ0) is 15.7. The first kappa shape index (κ1) is 17.4. The SMILES string of the molecule is CCc1ccc(NC(=S)N(C)CC(=O)NCCOC)cc1. The van der Waals surface area contributed by atoms with Crippen LogP contribution in [0.25, 0.3) is 0 Å². The molecule has 0 unspecified atom stereocenters. The highest BCUT2D eigenvalue weighted by Crippen LogP contribution is 2.10. The van der Waals surface area contributed by atoms with Crippen LogP contribution in [0.1, 0.15) is 12.5 Å². The van der Waals surface area contributed by atoms with Crippen molar-refractivity contribution in [1.29, 1.82) is 0 Å². The molecule has 0 bridgehead atoms. The van der Waals surface area contributed by atoms with Crippen LogP contribution in [0.4, 0.5) is 5.69 Å². The lowest BCUT2D eigenvalue weighted by Gasteiger charge is -2.20. The maximum Gasteiger partial charge on any atom is 0.239 e. The number of likely N-dealkylation sites (N-methyl/N-ethyl adjacent to an activating group) is 1. The van der Waals surface area contributed by atoms with Crippen molar-refractivity contribution in [2.45, 2.75) is 13.3 Å². The Hall–Kier alpha value is -1.66. The molecule has 6 heteroatoms. The minimum absolute atomic E-state index is 0.0833. The first-order chi connectivity index (χ1) is 10.1. The lowest BCUT2D eigenvalue weighted by molar-refractivity contribution is -0.121. The summed E-state index contributed by atoms with van der Waals surface area (Å²) in [4.78, 5) is 13.4. The summed E-state index contributed by atoms with van der Waals surface area (Å²) in [5, 5.41) is 6.39. The number of anilines is 1. The first-order valence-electron chi connectivity index (χ1n) is 6.93. The van der Waals surface area contributed by atoms with Crippen molar-refractivity contribution in [2.75, 3.05) is 39.2 Å². The van der Waals surface area contributed by atoms with Gasteiger partial charge in [0.25, 0.3) is 0 Å². The van der Waals surface area contributed by atoms with E-state index in [1.165, 1.54) is 5.56 Å². The van der Waals surface area contributed by atoms with E-state index in [-0.39, 0.29) is 12.5 Å². The van der Waals surface area contributed by atoms with Crippen molar-refractivity contribution in [2.24, 2.45) is 0 Å². The number of thiocarbonyl (C=S) groups is 1. The number of rotatable bonds is 7. The summed E-state index contributed by atoms with van der Waals surface area (Å²) in [7, 11) is 3.38. The van der Waals surface area contributed by atoms with Gasteiger partial charge >= 0.3 is 0 Å². The lowest BCUT2D eigenvalue weighted by atomic mass is 10.1. The highest BCUT2D eigenvalue weighted by molar-refractivity contribution is 7.80. The van der Waals surface area contributed by atoms with Crippen LogP contribution in [0.2, 0.25) is 0 Å². The van der Waals surface area contributed by atoms with Gasteiger partial charge < -0.3 is 20.3 Å². The van der Waals surface area contributed by atoms with Crippen molar-refractivity contribution in [3.8, 4) is 0 Å². The summed E-state index contributed by atoms with van der Waals surface area (Å²) >= 11 is 5.28. The van der Waals surface area contributed by atoms with Gasteiger partial charge in [-0.25, -0.2) is 0 Å². The van der Waals surface area contributed by atoms with Gasteiger partial charge in [0, 0.05) is 26.4 Å². The molecule has 0 fully saturated rings. The molecule has 0 heterocycles. The van der Waals surface area contributed by atoms with Gasteiger partial charge in [-0.2, -0.15) is 0 Å². The fraction of sp³-hybridized carbons (Fsp3) is 0.467. The van der Waals surface area contributed by atoms with Crippen molar-refractivity contribution >= 4 is 28.9 Å². The molecule has 0 aliphatic heterocycles. The smallest absolute Gasteiger partial charge is 0.239 e. The van der Waals surface area contributed by atoms with Crippen molar-refractivity contribution in [3.05, 3.63) is 29.8 Å². The monoisotopic (exact) mass is 309 g/mol. The summed E-state index contributed by atoms with van der Waals surface area (Å²) in [6.07, 6.45) is 1.01. The molecular weight excluding hydrogens is 286 g/mol. The zero-order valence-corrected chi connectivity index (χ0v) is 13.6. The Morgan fingerprint density at radius 3 is 2.57 bits per heavy atom. The van der Waals surface area contributed by atoms with E-state index in [2.05, 4.69) is 29.7 Å². The molecule has 0 aromatic heterocycles. The third-order valence-corrected chi connectivity index (χ3v) is 3.38. The summed E-state index contributed by atoms with van der Waals surface area (Å²) in [6, 6.07) is 8.08. The Labute approximate surface area is 131 Å². The number of amides is 1. The predicted molar refractivity (Wildman–Crippen MR) is 89.6 cm³/mol. The van der Waals surface area contributed by atoms with Gasteiger partial charge in [-0.3, -0.25) is 4.79 Å². The third kappa shape index (κ3) is 6.55. The van der Waals surface area contributed by atoms with E-state index in [0.29, 0.717) is 18.3 Å². The Morgan fingerprint density at radius 2 is 2.00 bits per heavy atom. The molecule has 5 nitrogen and oxygen atoms in total. The molecule has 1 aromatic carbocycles. The molecular formula is C15H23N3O2S. The molecule has 0 saturated heterocycles. The van der Waals surface area contributed by atoms with E-state index in [1.807, 2.05) is 12.1 Å². The van der Waals surface area contributed by atoms with E-state index in [1.54, 1.807) is 19.1 Å². The maximum atomic E-state index is 11.7. The van der Waals surface area contributed by atoms with E-state index < -0.39 is 0 Å². The van der Waals surface area contributed by atoms with Crippen LogP contribution in [0.5, 0.6) is 0 Å². The average Bonchev–Trinajstić information content (AvgIpc) is 2.48. The molecule has 0 atom stereocenters. The Kier molecular flexibility index (Phi) is 7.71. The fourth-order valence-corrected chi connectivity index (χ4v) is 1.86. The van der Waals surface area contributed by atoms with Crippen LogP contribution >= 0.6 is 12.2 Å². The number of nitrogens with one attached hydrogen (secondary N) is 2. The molecule has 0 radical (unpaired) electrons. The topological polar surface area (TPSA) is 53.6 Å². The number of carbonyl (C=O) groups is 1. The van der Waals surface area contributed by atoms with E-state index in [9.17, 15) is 4.79 Å². The summed E-state index contributed by atoms with van der Waals surface area (Å²) < 4.78 is 4.88. The van der Waals surface area contributed by atoms with Crippen molar-refractivity contribution in [3.63, 3.8) is 0 Å². The Morgan fingerprint density at radius 1 is 1.33 bits per heavy atom. The quantitative estimate of drug-likeness (QED) is 0.592. The third-order valence-electron chi connectivity index (χ3n) is 2.97. The second-order valence-electron chi connectivity index (χ2n) is 4.68. The molecule has 0 aliphatic carbocycles. The van der Waals surface area contributed by atoms with Crippen LogP contribution in [-0.2, 0) is 16.0 Å². The standard InChI is InChI=1S/C15H23N3O2S/c1-4-12-5-7-13(8-6-12)17-15(21)18(2)11-14(19)16-9-10-20-3/h5-8H,4,9-11H2,1-3H3,(H,16,19)(H,17,21). The van der Waals surface area contributed by atoms with Crippen LogP contribution in [0, 0.1) is 0 Å². The molecule has 0 saturated carbocycles. The molecule has 1 rings (SSSR count). The zero-order valence-electron chi connectivity index (χ0n) is 12.8. The van der Waals surface area contributed by atoms with Gasteiger partial charge in [-0.1, -0.05) is 19.1 Å². The number of methoxy groups -OCH3 is 1. The van der Waals surface area contributed by atoms with Gasteiger partial charge in [0.2, 0.25) is 5.91 Å². The molecule has 21 heavy (non-hydrogen) atoms. The summed E-state index contributed by atoms with van der Waals surface area (Å²) in [5.41, 5.74) is 2.20. The lowest BCUT2D eigenvalue weighted by Crippen LogP contribution is -2.41. The second kappa shape index (κ2) is 9.31. The van der Waals surface area contributed by atoms with Crippen LogP contribution < -0.4 is 10.6 Å². The minimum atomic E-state index is -0.0833. The largest absolute Gasteiger partial charge is 0.383 e. The second-order valence-corrected chi connectivity index (χ2v) is 5.07. The predicted octanol–water partition coefficient (Wildman–Crippen LogP) is 1.64. The van der Waals surface area contributed by atoms with Crippen LogP contribution in [-0.4, -0.2) is 49.8 Å². The van der Waals surface area contributed by atoms with Gasteiger partial charge in [0.1, 0.15) is 0 Å². The summed E-state index contributed by atoms with van der Waals surface area (Å²) in [6.45, 7) is 3.33. The molecule has 1 aromatic rings. The van der Waals surface area contributed by atoms with Crippen LogP contribution in [0.15, 0.2) is 24.3 Å². The number of benzene rings is 1. The Balaban J connectivity index is 2.41. The van der Waals surface area contributed by atoms with Gasteiger partial charge in [-0.15, -0.1) is 0 Å². The number of ether oxygens (including phenoxy) is 1. The van der Waals surface area contributed by atoms with Crippen molar-refractivity contribution in [1.82, 2.24) is 10.2 Å². The summed E-state index contributed by atoms with van der Waals surface area (Å²) in [5.74, 6) is -0.0833.